The van der Waals surface area contributed by atoms with Crippen LogP contribution < -0.4 is 0 Å². The second kappa shape index (κ2) is 4.35. The molecule has 0 aliphatic heterocycles. The fourth-order valence-corrected chi connectivity index (χ4v) is 2.10. The zero-order valence-electron chi connectivity index (χ0n) is 9.09. The van der Waals surface area contributed by atoms with Gasteiger partial charge in [-0.15, -0.1) is 0 Å². The third-order valence-corrected chi connectivity index (χ3v) is 3.05. The fraction of sp³-hybridized carbons (Fsp3) is 0.222. The van der Waals surface area contributed by atoms with Crippen molar-refractivity contribution in [2.75, 3.05) is 0 Å². The van der Waals surface area contributed by atoms with Crippen molar-refractivity contribution in [2.24, 2.45) is 0 Å². The third kappa shape index (κ3) is 1.99. The lowest BCUT2D eigenvalue weighted by Gasteiger charge is -2.03. The minimum Gasteiger partial charge on any atom is -0.258 e. The predicted octanol–water partition coefficient (Wildman–Crippen LogP) is 1.79. The van der Waals surface area contributed by atoms with Crippen LogP contribution in [0.2, 0.25) is 0 Å². The first-order valence-electron chi connectivity index (χ1n) is 4.69. The Morgan fingerprint density at radius 1 is 1.47 bits per heavy atom. The molecule has 0 radical (unpaired) electrons. The van der Waals surface area contributed by atoms with E-state index in [9.17, 15) is 10.1 Å². The highest BCUT2D eigenvalue weighted by molar-refractivity contribution is 14.1. The van der Waals surface area contributed by atoms with Crippen LogP contribution in [0.3, 0.4) is 0 Å². The van der Waals surface area contributed by atoms with Gasteiger partial charge in [0.2, 0.25) is 0 Å². The maximum absolute atomic E-state index is 10.9. The standard InChI is InChI=1S/C9H8IN5O2/c1-5-8(15(16)17)6(2)14(13-5)9-7(10)3-11-4-12-9/h3-4H,1-2H3. The normalized spacial score (nSPS) is 10.5. The van der Waals surface area contributed by atoms with E-state index in [1.54, 1.807) is 20.0 Å². The molecule has 2 aromatic heterocycles. The summed E-state index contributed by atoms with van der Waals surface area (Å²) in [5.41, 5.74) is 0.866. The highest BCUT2D eigenvalue weighted by Crippen LogP contribution is 2.25. The van der Waals surface area contributed by atoms with Crippen molar-refractivity contribution in [2.45, 2.75) is 13.8 Å². The van der Waals surface area contributed by atoms with Crippen LogP contribution in [0.5, 0.6) is 0 Å². The van der Waals surface area contributed by atoms with E-state index in [4.69, 9.17) is 0 Å². The number of nitro groups is 1. The van der Waals surface area contributed by atoms with E-state index in [-0.39, 0.29) is 5.69 Å². The molecule has 0 spiro atoms. The molecule has 0 N–H and O–H groups in total. The summed E-state index contributed by atoms with van der Waals surface area (Å²) in [5, 5.41) is 15.0. The Bertz CT molecular complexity index is 595. The second-order valence-electron chi connectivity index (χ2n) is 3.38. The maximum atomic E-state index is 10.9. The molecule has 0 atom stereocenters. The molecule has 2 aromatic rings. The lowest BCUT2D eigenvalue weighted by molar-refractivity contribution is -0.386. The first-order chi connectivity index (χ1) is 8.02. The van der Waals surface area contributed by atoms with Gasteiger partial charge in [-0.2, -0.15) is 5.10 Å². The van der Waals surface area contributed by atoms with Gasteiger partial charge in [-0.25, -0.2) is 14.6 Å². The lowest BCUT2D eigenvalue weighted by atomic mass is 10.3. The van der Waals surface area contributed by atoms with Crippen molar-refractivity contribution < 1.29 is 4.92 Å². The van der Waals surface area contributed by atoms with E-state index in [2.05, 4.69) is 37.7 Å². The average molecular weight is 345 g/mol. The minimum absolute atomic E-state index is 0.0272. The molecule has 0 bridgehead atoms. The number of nitrogens with zero attached hydrogens (tertiary/aromatic N) is 5. The molecule has 7 nitrogen and oxygen atoms in total. The molecule has 0 fully saturated rings. The summed E-state index contributed by atoms with van der Waals surface area (Å²) in [6, 6.07) is 0. The van der Waals surface area contributed by atoms with Crippen molar-refractivity contribution in [3.8, 4) is 5.82 Å². The van der Waals surface area contributed by atoms with Crippen molar-refractivity contribution >= 4 is 28.3 Å². The van der Waals surface area contributed by atoms with Gasteiger partial charge in [0.25, 0.3) is 0 Å². The highest BCUT2D eigenvalue weighted by Gasteiger charge is 2.23. The monoisotopic (exact) mass is 345 g/mol. The van der Waals surface area contributed by atoms with Gasteiger partial charge in [-0.3, -0.25) is 10.1 Å². The van der Waals surface area contributed by atoms with Crippen molar-refractivity contribution in [3.05, 3.63) is 37.6 Å². The molecule has 0 aliphatic carbocycles. The van der Waals surface area contributed by atoms with Crippen LogP contribution >= 0.6 is 22.6 Å². The van der Waals surface area contributed by atoms with Crippen molar-refractivity contribution in [1.29, 1.82) is 0 Å². The van der Waals surface area contributed by atoms with Gasteiger partial charge in [0, 0.05) is 6.20 Å². The summed E-state index contributed by atoms with van der Waals surface area (Å²) in [6.07, 6.45) is 3.02. The van der Waals surface area contributed by atoms with E-state index in [1.165, 1.54) is 11.0 Å². The summed E-state index contributed by atoms with van der Waals surface area (Å²) in [5.74, 6) is 0.550. The minimum atomic E-state index is -0.428. The topological polar surface area (TPSA) is 86.7 Å². The maximum Gasteiger partial charge on any atom is 0.313 e. The van der Waals surface area contributed by atoms with Gasteiger partial charge in [0.05, 0.1) is 8.49 Å². The van der Waals surface area contributed by atoms with Gasteiger partial charge in [0.15, 0.2) is 5.82 Å². The zero-order chi connectivity index (χ0) is 12.6. The first kappa shape index (κ1) is 11.9. The predicted molar refractivity (Wildman–Crippen MR) is 68.0 cm³/mol. The van der Waals surface area contributed by atoms with Crippen LogP contribution in [-0.2, 0) is 0 Å². The second-order valence-corrected chi connectivity index (χ2v) is 4.54. The quantitative estimate of drug-likeness (QED) is 0.471. The summed E-state index contributed by atoms with van der Waals surface area (Å²) >= 11 is 2.06. The Balaban J connectivity index is 2.66. The Morgan fingerprint density at radius 3 is 2.71 bits per heavy atom. The van der Waals surface area contributed by atoms with Gasteiger partial charge in [-0.05, 0) is 36.4 Å². The summed E-state index contributed by atoms with van der Waals surface area (Å²) in [6.45, 7) is 3.26. The summed E-state index contributed by atoms with van der Waals surface area (Å²) < 4.78 is 2.25. The molecule has 0 saturated carbocycles. The van der Waals surface area contributed by atoms with Gasteiger partial charge in [-0.1, -0.05) is 0 Å². The number of rotatable bonds is 2. The summed E-state index contributed by atoms with van der Waals surface area (Å²) in [7, 11) is 0. The Hall–Kier alpha value is -1.58. The number of hydrogen-bond acceptors (Lipinski definition) is 5. The van der Waals surface area contributed by atoms with E-state index < -0.39 is 4.92 Å². The number of aryl methyl sites for hydroxylation is 1. The molecule has 88 valence electrons. The van der Waals surface area contributed by atoms with Crippen molar-refractivity contribution in [1.82, 2.24) is 19.7 Å². The molecule has 0 aliphatic rings. The van der Waals surface area contributed by atoms with Crippen LogP contribution in [-0.4, -0.2) is 24.7 Å². The van der Waals surface area contributed by atoms with Crippen LogP contribution in [0.15, 0.2) is 12.5 Å². The van der Waals surface area contributed by atoms with Crippen LogP contribution in [0, 0.1) is 27.5 Å². The van der Waals surface area contributed by atoms with E-state index >= 15 is 0 Å². The van der Waals surface area contributed by atoms with Gasteiger partial charge < -0.3 is 0 Å². The molecular weight excluding hydrogens is 337 g/mol. The SMILES string of the molecule is Cc1nn(-c2ncncc2I)c(C)c1[N+](=O)[O-]. The fourth-order valence-electron chi connectivity index (χ4n) is 1.57. The average Bonchev–Trinajstić information content (AvgIpc) is 2.55. The molecule has 2 heterocycles. The number of hydrogen-bond donors (Lipinski definition) is 0. The van der Waals surface area contributed by atoms with E-state index in [0.717, 1.165) is 3.57 Å². The molecular formula is C9H8IN5O2. The van der Waals surface area contributed by atoms with Crippen LogP contribution in [0.4, 0.5) is 5.69 Å². The number of aromatic nitrogens is 4. The zero-order valence-corrected chi connectivity index (χ0v) is 11.2. The smallest absolute Gasteiger partial charge is 0.258 e. The van der Waals surface area contributed by atoms with Crippen molar-refractivity contribution in [3.63, 3.8) is 0 Å². The largest absolute Gasteiger partial charge is 0.313 e. The van der Waals surface area contributed by atoms with Gasteiger partial charge in [0.1, 0.15) is 17.7 Å². The Kier molecular flexibility index (Phi) is 3.05. The summed E-state index contributed by atoms with van der Waals surface area (Å²) in [4.78, 5) is 18.4. The first-order valence-corrected chi connectivity index (χ1v) is 5.76. The molecule has 0 amide bonds. The lowest BCUT2D eigenvalue weighted by Crippen LogP contribution is -2.05. The highest BCUT2D eigenvalue weighted by atomic mass is 127. The molecule has 0 unspecified atom stereocenters. The molecule has 17 heavy (non-hydrogen) atoms. The third-order valence-electron chi connectivity index (χ3n) is 2.28. The number of halogens is 1. The van der Waals surface area contributed by atoms with Crippen LogP contribution in [0.1, 0.15) is 11.4 Å². The van der Waals surface area contributed by atoms with Crippen LogP contribution in [0.25, 0.3) is 5.82 Å². The molecule has 2 rings (SSSR count). The van der Waals surface area contributed by atoms with E-state index in [1.807, 2.05) is 0 Å². The Morgan fingerprint density at radius 2 is 2.18 bits per heavy atom. The van der Waals surface area contributed by atoms with Gasteiger partial charge >= 0.3 is 5.69 Å². The van der Waals surface area contributed by atoms with E-state index in [0.29, 0.717) is 17.2 Å². The molecule has 0 aromatic carbocycles. The molecule has 8 heteroatoms. The Labute approximate surface area is 110 Å². The molecule has 0 saturated heterocycles.